The standard InChI is InChI=1S/C7H9ISi/c1-5-4-6(8)2-3-7(5)9/h2-4H,1,9H3. The van der Waals surface area contributed by atoms with Crippen LogP contribution < -0.4 is 5.19 Å². The smallest absolute Gasteiger partial charge is 0.0388 e. The molecular weight excluding hydrogens is 239 g/mol. The summed E-state index contributed by atoms with van der Waals surface area (Å²) >= 11 is 2.34. The quantitative estimate of drug-likeness (QED) is 0.465. The Kier molecular flexibility index (Phi) is 2.29. The number of hydrogen-bond donors (Lipinski definition) is 0. The van der Waals surface area contributed by atoms with Crippen molar-refractivity contribution in [3.05, 3.63) is 27.3 Å². The minimum atomic E-state index is 1.17. The number of aryl methyl sites for hydroxylation is 1. The Hall–Kier alpha value is 0.167. The van der Waals surface area contributed by atoms with Crippen LogP contribution in [0.5, 0.6) is 0 Å². The third-order valence-electron chi connectivity index (χ3n) is 1.47. The normalized spacial score (nSPS) is 10.0. The first-order chi connectivity index (χ1) is 4.20. The molecule has 0 saturated heterocycles. The van der Waals surface area contributed by atoms with Crippen LogP contribution in [0, 0.1) is 10.5 Å². The van der Waals surface area contributed by atoms with E-state index < -0.39 is 0 Å². The molecule has 2 heteroatoms. The van der Waals surface area contributed by atoms with E-state index in [2.05, 4.69) is 47.7 Å². The molecule has 0 aliphatic rings. The highest BCUT2D eigenvalue weighted by atomic mass is 127. The van der Waals surface area contributed by atoms with Gasteiger partial charge in [-0.3, -0.25) is 0 Å². The molecule has 0 spiro atoms. The maximum atomic E-state index is 2.34. The highest BCUT2D eigenvalue weighted by Gasteiger charge is 1.90. The molecule has 0 unspecified atom stereocenters. The van der Waals surface area contributed by atoms with Gasteiger partial charge in [0.1, 0.15) is 0 Å². The lowest BCUT2D eigenvalue weighted by atomic mass is 10.2. The molecular formula is C7H9ISi. The second-order valence-corrected chi connectivity index (χ2v) is 4.55. The molecule has 0 atom stereocenters. The van der Waals surface area contributed by atoms with Crippen LogP contribution in [0.4, 0.5) is 0 Å². The van der Waals surface area contributed by atoms with Crippen molar-refractivity contribution >= 4 is 38.0 Å². The van der Waals surface area contributed by atoms with Crippen LogP contribution >= 0.6 is 22.6 Å². The van der Waals surface area contributed by atoms with Crippen LogP contribution in [-0.4, -0.2) is 10.2 Å². The predicted molar refractivity (Wildman–Crippen MR) is 53.5 cm³/mol. The highest BCUT2D eigenvalue weighted by molar-refractivity contribution is 14.1. The first-order valence-corrected chi connectivity index (χ1v) is 5.01. The van der Waals surface area contributed by atoms with E-state index in [1.54, 1.807) is 0 Å². The minimum absolute atomic E-state index is 1.17. The Morgan fingerprint density at radius 3 is 2.56 bits per heavy atom. The van der Waals surface area contributed by atoms with E-state index >= 15 is 0 Å². The van der Waals surface area contributed by atoms with Crippen molar-refractivity contribution in [3.8, 4) is 0 Å². The van der Waals surface area contributed by atoms with Crippen molar-refractivity contribution in [2.75, 3.05) is 0 Å². The molecule has 1 rings (SSSR count). The Morgan fingerprint density at radius 1 is 1.44 bits per heavy atom. The fourth-order valence-corrected chi connectivity index (χ4v) is 1.66. The first-order valence-electron chi connectivity index (χ1n) is 2.93. The van der Waals surface area contributed by atoms with Crippen LogP contribution in [0.3, 0.4) is 0 Å². The molecule has 1 aromatic carbocycles. The molecule has 0 aliphatic carbocycles. The van der Waals surface area contributed by atoms with Gasteiger partial charge in [0, 0.05) is 13.8 Å². The first kappa shape index (κ1) is 7.28. The molecule has 0 amide bonds. The van der Waals surface area contributed by atoms with E-state index in [0.717, 1.165) is 0 Å². The van der Waals surface area contributed by atoms with Gasteiger partial charge in [-0.2, -0.15) is 0 Å². The Bertz CT molecular complexity index is 220. The summed E-state index contributed by atoms with van der Waals surface area (Å²) in [6.07, 6.45) is 0. The Morgan fingerprint density at radius 2 is 2.11 bits per heavy atom. The largest absolute Gasteiger partial charge is 0.0678 e. The molecule has 9 heavy (non-hydrogen) atoms. The maximum Gasteiger partial charge on any atom is 0.0388 e. The summed E-state index contributed by atoms with van der Waals surface area (Å²) in [5.74, 6) is 0. The number of hydrogen-bond acceptors (Lipinski definition) is 0. The van der Waals surface area contributed by atoms with Crippen molar-refractivity contribution in [2.24, 2.45) is 0 Å². The zero-order valence-electron chi connectivity index (χ0n) is 5.61. The molecule has 0 radical (unpaired) electrons. The summed E-state index contributed by atoms with van der Waals surface area (Å²) < 4.78 is 1.34. The van der Waals surface area contributed by atoms with Crippen molar-refractivity contribution in [1.82, 2.24) is 0 Å². The number of benzene rings is 1. The lowest BCUT2D eigenvalue weighted by molar-refractivity contribution is 1.49. The van der Waals surface area contributed by atoms with Gasteiger partial charge in [0.25, 0.3) is 0 Å². The molecule has 0 aliphatic heterocycles. The fourth-order valence-electron chi connectivity index (χ4n) is 0.705. The maximum absolute atomic E-state index is 2.34. The predicted octanol–water partition coefficient (Wildman–Crippen LogP) is 0.590. The van der Waals surface area contributed by atoms with Crippen LogP contribution in [0.2, 0.25) is 0 Å². The molecule has 0 bridgehead atoms. The molecule has 0 aromatic heterocycles. The van der Waals surface area contributed by atoms with E-state index in [9.17, 15) is 0 Å². The van der Waals surface area contributed by atoms with Gasteiger partial charge < -0.3 is 0 Å². The lowest BCUT2D eigenvalue weighted by Crippen LogP contribution is -2.05. The second kappa shape index (κ2) is 2.83. The summed E-state index contributed by atoms with van der Waals surface area (Å²) in [6, 6.07) is 6.60. The second-order valence-electron chi connectivity index (χ2n) is 2.23. The van der Waals surface area contributed by atoms with Crippen molar-refractivity contribution < 1.29 is 0 Å². The number of rotatable bonds is 0. The van der Waals surface area contributed by atoms with Gasteiger partial charge in [0.05, 0.1) is 0 Å². The topological polar surface area (TPSA) is 0 Å². The zero-order chi connectivity index (χ0) is 6.85. The molecule has 0 heterocycles. The summed E-state index contributed by atoms with van der Waals surface area (Å²) in [4.78, 5) is 0. The lowest BCUT2D eigenvalue weighted by Gasteiger charge is -1.97. The fraction of sp³-hybridized carbons (Fsp3) is 0.143. The van der Waals surface area contributed by atoms with Crippen molar-refractivity contribution in [2.45, 2.75) is 6.92 Å². The zero-order valence-corrected chi connectivity index (χ0v) is 9.77. The van der Waals surface area contributed by atoms with Gasteiger partial charge in [-0.25, -0.2) is 0 Å². The molecule has 0 fully saturated rings. The third kappa shape index (κ3) is 1.79. The van der Waals surface area contributed by atoms with Gasteiger partial charge in [0.2, 0.25) is 0 Å². The molecule has 0 nitrogen and oxygen atoms in total. The monoisotopic (exact) mass is 248 g/mol. The van der Waals surface area contributed by atoms with Gasteiger partial charge in [-0.05, 0) is 41.6 Å². The van der Waals surface area contributed by atoms with Crippen molar-refractivity contribution in [1.29, 1.82) is 0 Å². The molecule has 1 aromatic rings. The van der Waals surface area contributed by atoms with E-state index in [1.807, 2.05) is 0 Å². The number of halogens is 1. The third-order valence-corrected chi connectivity index (χ3v) is 3.26. The molecule has 0 saturated carbocycles. The van der Waals surface area contributed by atoms with Crippen LogP contribution in [0.25, 0.3) is 0 Å². The summed E-state index contributed by atoms with van der Waals surface area (Å²) in [5, 5.41) is 1.51. The van der Waals surface area contributed by atoms with Crippen LogP contribution in [0.15, 0.2) is 18.2 Å². The molecule has 0 N–H and O–H groups in total. The van der Waals surface area contributed by atoms with E-state index in [0.29, 0.717) is 0 Å². The summed E-state index contributed by atoms with van der Waals surface area (Å²) in [5.41, 5.74) is 1.44. The minimum Gasteiger partial charge on any atom is -0.0678 e. The molecule has 48 valence electrons. The van der Waals surface area contributed by atoms with Crippen LogP contribution in [0.1, 0.15) is 5.56 Å². The average Bonchev–Trinajstić information content (AvgIpc) is 1.80. The van der Waals surface area contributed by atoms with E-state index in [-0.39, 0.29) is 0 Å². The average molecular weight is 248 g/mol. The summed E-state index contributed by atoms with van der Waals surface area (Å²) in [6.45, 7) is 2.17. The van der Waals surface area contributed by atoms with Crippen LogP contribution in [-0.2, 0) is 0 Å². The van der Waals surface area contributed by atoms with E-state index in [4.69, 9.17) is 0 Å². The van der Waals surface area contributed by atoms with Gasteiger partial charge in [0.15, 0.2) is 0 Å². The van der Waals surface area contributed by atoms with Gasteiger partial charge >= 0.3 is 0 Å². The Labute approximate surface area is 72.2 Å². The van der Waals surface area contributed by atoms with Gasteiger partial charge in [-0.1, -0.05) is 16.8 Å². The SMILES string of the molecule is Cc1cc(I)ccc1[SiH3]. The van der Waals surface area contributed by atoms with E-state index in [1.165, 1.54) is 24.6 Å². The Balaban J connectivity index is 3.17. The summed E-state index contributed by atoms with van der Waals surface area (Å²) in [7, 11) is 1.17. The van der Waals surface area contributed by atoms with Gasteiger partial charge in [-0.15, -0.1) is 0 Å². The highest BCUT2D eigenvalue weighted by Crippen LogP contribution is 2.03. The van der Waals surface area contributed by atoms with Crippen molar-refractivity contribution in [3.63, 3.8) is 0 Å².